The second-order valence-corrected chi connectivity index (χ2v) is 4.89. The first-order valence-electron chi connectivity index (χ1n) is 5.65. The van der Waals surface area contributed by atoms with E-state index >= 15 is 0 Å². The van der Waals surface area contributed by atoms with Gasteiger partial charge in [-0.25, -0.2) is 4.39 Å². The quantitative estimate of drug-likeness (QED) is 0.819. The molecular weight excluding hydrogens is 221 g/mol. The van der Waals surface area contributed by atoms with Crippen molar-refractivity contribution < 1.29 is 14.3 Å². The number of amides is 1. The Labute approximate surface area is 99.7 Å². The van der Waals surface area contributed by atoms with Crippen LogP contribution in [0.1, 0.15) is 31.0 Å². The van der Waals surface area contributed by atoms with E-state index in [0.29, 0.717) is 6.42 Å². The maximum Gasteiger partial charge on any atom is 0.257 e. The second-order valence-electron chi connectivity index (χ2n) is 4.89. The van der Waals surface area contributed by atoms with Gasteiger partial charge in [0.25, 0.3) is 5.91 Å². The molecule has 3 nitrogen and oxygen atoms in total. The van der Waals surface area contributed by atoms with Crippen LogP contribution in [-0.2, 0) is 11.2 Å². The van der Waals surface area contributed by atoms with Crippen LogP contribution in [0.2, 0.25) is 0 Å². The first kappa shape index (κ1) is 12.0. The zero-order valence-corrected chi connectivity index (χ0v) is 9.90. The number of aliphatic hydroxyl groups is 1. The number of rotatable bonds is 2. The number of fused-ring (bicyclic) bond motifs is 1. The lowest BCUT2D eigenvalue weighted by Crippen LogP contribution is -2.43. The Morgan fingerprint density at radius 3 is 2.76 bits per heavy atom. The molecule has 0 fully saturated rings. The molecule has 2 N–H and O–H groups in total. The molecule has 0 radical (unpaired) electrons. The Kier molecular flexibility index (Phi) is 2.91. The molecule has 0 aromatic heterocycles. The summed E-state index contributed by atoms with van der Waals surface area (Å²) in [5.74, 6) is -0.696. The largest absolute Gasteiger partial charge is 0.390 e. The van der Waals surface area contributed by atoms with Crippen molar-refractivity contribution >= 4 is 5.91 Å². The Bertz CT molecular complexity index is 439. The molecule has 0 spiro atoms. The molecule has 0 heterocycles. The third-order valence-corrected chi connectivity index (χ3v) is 3.03. The minimum absolute atomic E-state index is 0.494. The van der Waals surface area contributed by atoms with Crippen molar-refractivity contribution in [3.63, 3.8) is 0 Å². The number of hydrogen-bond acceptors (Lipinski definition) is 2. The lowest BCUT2D eigenvalue weighted by atomic mass is 10.1. The first-order valence-corrected chi connectivity index (χ1v) is 5.65. The standard InChI is InChI=1S/C13H16FNO2/c1-13(2,14)12(17)15-11-9-6-4-3-5-8(9)7-10(11)16/h3-6,10-11,16H,7H2,1-2H3,(H,15,17)/t10-,11+/m0/s1. The molecule has 1 aliphatic rings. The maximum atomic E-state index is 13.4. The van der Waals surface area contributed by atoms with Gasteiger partial charge in [0.2, 0.25) is 0 Å². The number of benzene rings is 1. The van der Waals surface area contributed by atoms with Gasteiger partial charge in [0.05, 0.1) is 12.1 Å². The predicted octanol–water partition coefficient (Wildman–Crippen LogP) is 1.51. The first-order chi connectivity index (χ1) is 7.89. The molecule has 0 aliphatic heterocycles. The fraction of sp³-hybridized carbons (Fsp3) is 0.462. The molecule has 92 valence electrons. The van der Waals surface area contributed by atoms with Crippen LogP contribution >= 0.6 is 0 Å². The number of nitrogens with one attached hydrogen (secondary N) is 1. The van der Waals surface area contributed by atoms with Gasteiger partial charge in [-0.05, 0) is 25.0 Å². The van der Waals surface area contributed by atoms with E-state index in [2.05, 4.69) is 5.32 Å². The van der Waals surface area contributed by atoms with Crippen LogP contribution in [0.15, 0.2) is 24.3 Å². The van der Waals surface area contributed by atoms with E-state index in [-0.39, 0.29) is 0 Å². The molecule has 2 rings (SSSR count). The summed E-state index contributed by atoms with van der Waals surface area (Å²) in [5, 5.41) is 12.4. The third kappa shape index (κ3) is 2.31. The van der Waals surface area contributed by atoms with E-state index in [0.717, 1.165) is 11.1 Å². The molecular formula is C13H16FNO2. The summed E-state index contributed by atoms with van der Waals surface area (Å²) in [5.41, 5.74) is -0.0587. The zero-order valence-electron chi connectivity index (χ0n) is 9.90. The maximum absolute atomic E-state index is 13.4. The molecule has 17 heavy (non-hydrogen) atoms. The van der Waals surface area contributed by atoms with Crippen molar-refractivity contribution in [3.05, 3.63) is 35.4 Å². The number of carbonyl (C=O) groups is 1. The minimum atomic E-state index is -1.93. The molecule has 1 aromatic rings. The van der Waals surface area contributed by atoms with Gasteiger partial charge >= 0.3 is 0 Å². The summed E-state index contributed by atoms with van der Waals surface area (Å²) < 4.78 is 13.4. The van der Waals surface area contributed by atoms with E-state index in [4.69, 9.17) is 0 Å². The van der Waals surface area contributed by atoms with Crippen molar-refractivity contribution in [2.24, 2.45) is 0 Å². The van der Waals surface area contributed by atoms with Gasteiger partial charge in [0.15, 0.2) is 5.67 Å². The Hall–Kier alpha value is -1.42. The monoisotopic (exact) mass is 237 g/mol. The average Bonchev–Trinajstić information content (AvgIpc) is 2.54. The number of alkyl halides is 1. The van der Waals surface area contributed by atoms with Crippen LogP contribution in [-0.4, -0.2) is 22.8 Å². The SMILES string of the molecule is CC(C)(F)C(=O)N[C@@H]1c2ccccc2C[C@@H]1O. The number of hydrogen-bond donors (Lipinski definition) is 2. The van der Waals surface area contributed by atoms with Crippen LogP contribution in [0.4, 0.5) is 4.39 Å². The van der Waals surface area contributed by atoms with Crippen LogP contribution in [0, 0.1) is 0 Å². The molecule has 0 saturated carbocycles. The van der Waals surface area contributed by atoms with E-state index in [1.54, 1.807) is 0 Å². The molecule has 1 amide bonds. The van der Waals surface area contributed by atoms with Gasteiger partial charge in [-0.2, -0.15) is 0 Å². The predicted molar refractivity (Wildman–Crippen MR) is 62.2 cm³/mol. The summed E-state index contributed by atoms with van der Waals surface area (Å²) in [6, 6.07) is 6.98. The highest BCUT2D eigenvalue weighted by Gasteiger charge is 2.35. The van der Waals surface area contributed by atoms with E-state index in [1.807, 2.05) is 24.3 Å². The highest BCUT2D eigenvalue weighted by Crippen LogP contribution is 2.31. The van der Waals surface area contributed by atoms with Crippen molar-refractivity contribution in [2.45, 2.75) is 38.1 Å². The lowest BCUT2D eigenvalue weighted by Gasteiger charge is -2.22. The summed E-state index contributed by atoms with van der Waals surface area (Å²) >= 11 is 0. The normalized spacial score (nSPS) is 23.3. The Morgan fingerprint density at radius 2 is 2.12 bits per heavy atom. The van der Waals surface area contributed by atoms with Crippen molar-refractivity contribution in [1.82, 2.24) is 5.32 Å². The summed E-state index contributed by atoms with van der Waals surface area (Å²) in [6.45, 7) is 2.41. The van der Waals surface area contributed by atoms with Crippen molar-refractivity contribution in [2.75, 3.05) is 0 Å². The Balaban J connectivity index is 2.20. The Morgan fingerprint density at radius 1 is 1.47 bits per heavy atom. The summed E-state index contributed by atoms with van der Waals surface area (Å²) in [7, 11) is 0. The summed E-state index contributed by atoms with van der Waals surface area (Å²) in [6.07, 6.45) is -0.188. The molecule has 1 aromatic carbocycles. The van der Waals surface area contributed by atoms with E-state index < -0.39 is 23.7 Å². The van der Waals surface area contributed by atoms with Gasteiger partial charge in [-0.15, -0.1) is 0 Å². The summed E-state index contributed by atoms with van der Waals surface area (Å²) in [4.78, 5) is 11.6. The molecule has 2 atom stereocenters. The topological polar surface area (TPSA) is 49.3 Å². The van der Waals surface area contributed by atoms with Gasteiger partial charge in [0, 0.05) is 6.42 Å². The molecule has 1 aliphatic carbocycles. The highest BCUT2D eigenvalue weighted by molar-refractivity contribution is 5.84. The molecule has 0 saturated heterocycles. The molecule has 0 bridgehead atoms. The fourth-order valence-electron chi connectivity index (χ4n) is 2.06. The van der Waals surface area contributed by atoms with Crippen LogP contribution < -0.4 is 5.32 Å². The minimum Gasteiger partial charge on any atom is -0.390 e. The van der Waals surface area contributed by atoms with Crippen molar-refractivity contribution in [1.29, 1.82) is 0 Å². The number of carbonyl (C=O) groups excluding carboxylic acids is 1. The van der Waals surface area contributed by atoms with Gasteiger partial charge in [-0.1, -0.05) is 24.3 Å². The van der Waals surface area contributed by atoms with Gasteiger partial charge < -0.3 is 10.4 Å². The van der Waals surface area contributed by atoms with E-state index in [1.165, 1.54) is 13.8 Å². The van der Waals surface area contributed by atoms with Crippen molar-refractivity contribution in [3.8, 4) is 0 Å². The third-order valence-electron chi connectivity index (χ3n) is 3.03. The fourth-order valence-corrected chi connectivity index (χ4v) is 2.06. The molecule has 4 heteroatoms. The average molecular weight is 237 g/mol. The second kappa shape index (κ2) is 4.11. The van der Waals surface area contributed by atoms with Crippen LogP contribution in [0.3, 0.4) is 0 Å². The van der Waals surface area contributed by atoms with Gasteiger partial charge in [0.1, 0.15) is 0 Å². The number of aliphatic hydroxyl groups excluding tert-OH is 1. The number of halogens is 1. The van der Waals surface area contributed by atoms with E-state index in [9.17, 15) is 14.3 Å². The molecule has 0 unspecified atom stereocenters. The lowest BCUT2D eigenvalue weighted by molar-refractivity contribution is -0.132. The highest BCUT2D eigenvalue weighted by atomic mass is 19.1. The van der Waals surface area contributed by atoms with Crippen LogP contribution in [0.25, 0.3) is 0 Å². The van der Waals surface area contributed by atoms with Gasteiger partial charge in [-0.3, -0.25) is 4.79 Å². The zero-order chi connectivity index (χ0) is 12.6. The van der Waals surface area contributed by atoms with Crippen LogP contribution in [0.5, 0.6) is 0 Å². The smallest absolute Gasteiger partial charge is 0.257 e.